The van der Waals surface area contributed by atoms with E-state index in [2.05, 4.69) is 4.98 Å². The molecule has 0 amide bonds. The highest BCUT2D eigenvalue weighted by Crippen LogP contribution is 2.32. The van der Waals surface area contributed by atoms with Gasteiger partial charge in [-0.1, -0.05) is 6.07 Å². The first-order valence-corrected chi connectivity index (χ1v) is 4.95. The molecule has 3 heteroatoms. The summed E-state index contributed by atoms with van der Waals surface area (Å²) < 4.78 is 5.23. The Morgan fingerprint density at radius 3 is 3.00 bits per heavy atom. The van der Waals surface area contributed by atoms with Crippen molar-refractivity contribution in [2.75, 3.05) is 6.61 Å². The van der Waals surface area contributed by atoms with E-state index < -0.39 is 0 Å². The Kier molecular flexibility index (Phi) is 2.48. The minimum atomic E-state index is 0.159. The van der Waals surface area contributed by atoms with Gasteiger partial charge in [0.2, 0.25) is 5.88 Å². The van der Waals surface area contributed by atoms with Crippen molar-refractivity contribution >= 4 is 5.78 Å². The molecule has 14 heavy (non-hydrogen) atoms. The van der Waals surface area contributed by atoms with E-state index in [4.69, 9.17) is 4.74 Å². The number of carbonyl (C=O) groups is 1. The van der Waals surface area contributed by atoms with Crippen LogP contribution >= 0.6 is 0 Å². The second kappa shape index (κ2) is 3.78. The van der Waals surface area contributed by atoms with Crippen LogP contribution in [-0.4, -0.2) is 17.4 Å². The maximum Gasteiger partial charge on any atom is 0.213 e. The van der Waals surface area contributed by atoms with Crippen LogP contribution in [0.15, 0.2) is 18.2 Å². The predicted octanol–water partition coefficient (Wildman–Crippen LogP) is 2.07. The Hall–Kier alpha value is -1.38. The molecule has 0 aromatic carbocycles. The van der Waals surface area contributed by atoms with Gasteiger partial charge in [0.15, 0.2) is 5.78 Å². The van der Waals surface area contributed by atoms with Crippen LogP contribution in [0.25, 0.3) is 0 Å². The Bertz CT molecular complexity index is 345. The lowest BCUT2D eigenvalue weighted by atomic mass is 10.2. The fourth-order valence-electron chi connectivity index (χ4n) is 1.33. The van der Waals surface area contributed by atoms with Gasteiger partial charge in [0.05, 0.1) is 6.61 Å². The zero-order valence-electron chi connectivity index (χ0n) is 8.19. The number of pyridine rings is 1. The molecule has 1 fully saturated rings. The van der Waals surface area contributed by atoms with Gasteiger partial charge in [-0.3, -0.25) is 4.79 Å². The lowest BCUT2D eigenvalue weighted by Crippen LogP contribution is -2.05. The smallest absolute Gasteiger partial charge is 0.213 e. The monoisotopic (exact) mass is 191 g/mol. The lowest BCUT2D eigenvalue weighted by molar-refractivity contribution is 0.0961. The minimum Gasteiger partial charge on any atom is -0.478 e. The topological polar surface area (TPSA) is 39.2 Å². The zero-order valence-corrected chi connectivity index (χ0v) is 8.19. The number of hydrogen-bond acceptors (Lipinski definition) is 3. The van der Waals surface area contributed by atoms with Gasteiger partial charge in [0.25, 0.3) is 0 Å². The van der Waals surface area contributed by atoms with Gasteiger partial charge in [-0.2, -0.15) is 0 Å². The van der Waals surface area contributed by atoms with Crippen molar-refractivity contribution in [3.63, 3.8) is 0 Å². The van der Waals surface area contributed by atoms with E-state index in [1.165, 1.54) is 0 Å². The molecule has 0 saturated heterocycles. The van der Waals surface area contributed by atoms with Crippen molar-refractivity contribution in [2.45, 2.75) is 19.8 Å². The van der Waals surface area contributed by atoms with E-state index in [1.54, 1.807) is 12.1 Å². The van der Waals surface area contributed by atoms with E-state index in [1.807, 2.05) is 13.0 Å². The number of rotatable bonds is 4. The largest absolute Gasteiger partial charge is 0.478 e. The van der Waals surface area contributed by atoms with Gasteiger partial charge in [0.1, 0.15) is 5.69 Å². The lowest BCUT2D eigenvalue weighted by Gasteiger charge is -2.03. The van der Waals surface area contributed by atoms with Crippen LogP contribution in [0.3, 0.4) is 0 Å². The Morgan fingerprint density at radius 1 is 1.57 bits per heavy atom. The molecule has 0 radical (unpaired) electrons. The first kappa shape index (κ1) is 9.19. The fraction of sp³-hybridized carbons (Fsp3) is 0.455. The van der Waals surface area contributed by atoms with Gasteiger partial charge < -0.3 is 4.74 Å². The molecule has 0 unspecified atom stereocenters. The molecule has 1 saturated carbocycles. The van der Waals surface area contributed by atoms with Crippen LogP contribution in [0, 0.1) is 5.92 Å². The van der Waals surface area contributed by atoms with Gasteiger partial charge in [-0.25, -0.2) is 4.98 Å². The van der Waals surface area contributed by atoms with Gasteiger partial charge >= 0.3 is 0 Å². The molecule has 0 N–H and O–H groups in total. The molecule has 3 nitrogen and oxygen atoms in total. The molecule has 0 atom stereocenters. The zero-order chi connectivity index (χ0) is 9.97. The number of carbonyl (C=O) groups excluding carboxylic acids is 1. The number of aromatic nitrogens is 1. The van der Waals surface area contributed by atoms with E-state index in [0.717, 1.165) is 12.8 Å². The summed E-state index contributed by atoms with van der Waals surface area (Å²) in [6.45, 7) is 2.48. The SMILES string of the molecule is CCOc1cccc(C(=O)C2CC2)n1. The molecule has 1 aromatic rings. The van der Waals surface area contributed by atoms with Crippen molar-refractivity contribution < 1.29 is 9.53 Å². The van der Waals surface area contributed by atoms with Gasteiger partial charge in [-0.15, -0.1) is 0 Å². The number of Topliss-reactive ketones (excluding diaryl/α,β-unsaturated/α-hetero) is 1. The molecule has 1 aliphatic carbocycles. The number of ketones is 1. The van der Waals surface area contributed by atoms with Crippen LogP contribution < -0.4 is 4.74 Å². The maximum absolute atomic E-state index is 11.6. The first-order valence-electron chi connectivity index (χ1n) is 4.95. The summed E-state index contributed by atoms with van der Waals surface area (Å²) in [5.41, 5.74) is 0.540. The highest BCUT2D eigenvalue weighted by Gasteiger charge is 2.31. The Labute approximate surface area is 83.1 Å². The van der Waals surface area contributed by atoms with Crippen molar-refractivity contribution in [3.8, 4) is 5.88 Å². The van der Waals surface area contributed by atoms with Crippen molar-refractivity contribution in [1.29, 1.82) is 0 Å². The molecule has 2 rings (SSSR count). The van der Waals surface area contributed by atoms with Gasteiger partial charge in [0, 0.05) is 12.0 Å². The highest BCUT2D eigenvalue weighted by molar-refractivity contribution is 5.97. The van der Waals surface area contributed by atoms with Crippen LogP contribution in [0.1, 0.15) is 30.3 Å². The van der Waals surface area contributed by atoms with Gasteiger partial charge in [-0.05, 0) is 25.8 Å². The molecule has 0 spiro atoms. The summed E-state index contributed by atoms with van der Waals surface area (Å²) in [4.78, 5) is 15.8. The standard InChI is InChI=1S/C11H13NO2/c1-2-14-10-5-3-4-9(12-10)11(13)8-6-7-8/h3-5,8H,2,6-7H2,1H3. The van der Waals surface area contributed by atoms with E-state index in [-0.39, 0.29) is 11.7 Å². The number of hydrogen-bond donors (Lipinski definition) is 0. The van der Waals surface area contributed by atoms with Crippen LogP contribution in [-0.2, 0) is 0 Å². The first-order chi connectivity index (χ1) is 6.81. The third-order valence-electron chi connectivity index (χ3n) is 2.22. The van der Waals surface area contributed by atoms with Crippen LogP contribution in [0.2, 0.25) is 0 Å². The second-order valence-corrected chi connectivity index (χ2v) is 3.43. The van der Waals surface area contributed by atoms with E-state index in [0.29, 0.717) is 18.2 Å². The predicted molar refractivity (Wildman–Crippen MR) is 52.5 cm³/mol. The molecule has 1 heterocycles. The molecule has 0 aliphatic heterocycles. The van der Waals surface area contributed by atoms with Crippen LogP contribution in [0.5, 0.6) is 5.88 Å². The quantitative estimate of drug-likeness (QED) is 0.684. The summed E-state index contributed by atoms with van der Waals surface area (Å²) in [5, 5.41) is 0. The number of ether oxygens (including phenoxy) is 1. The Balaban J connectivity index is 2.16. The molecular weight excluding hydrogens is 178 g/mol. The third-order valence-corrected chi connectivity index (χ3v) is 2.22. The molecule has 1 aliphatic rings. The molecular formula is C11H13NO2. The number of nitrogens with zero attached hydrogens (tertiary/aromatic N) is 1. The normalized spacial score (nSPS) is 15.2. The van der Waals surface area contributed by atoms with Crippen LogP contribution in [0.4, 0.5) is 0 Å². The Morgan fingerprint density at radius 2 is 2.36 bits per heavy atom. The third kappa shape index (κ3) is 1.92. The van der Waals surface area contributed by atoms with Crippen molar-refractivity contribution in [1.82, 2.24) is 4.98 Å². The minimum absolute atomic E-state index is 0.159. The highest BCUT2D eigenvalue weighted by atomic mass is 16.5. The molecule has 74 valence electrons. The summed E-state index contributed by atoms with van der Waals surface area (Å²) in [6.07, 6.45) is 2.03. The summed E-state index contributed by atoms with van der Waals surface area (Å²) >= 11 is 0. The summed E-state index contributed by atoms with van der Waals surface area (Å²) in [5.74, 6) is 0.921. The van der Waals surface area contributed by atoms with Crippen molar-refractivity contribution in [2.24, 2.45) is 5.92 Å². The maximum atomic E-state index is 11.6. The fourth-order valence-corrected chi connectivity index (χ4v) is 1.33. The molecule has 1 aromatic heterocycles. The summed E-state index contributed by atoms with van der Waals surface area (Å²) in [7, 11) is 0. The van der Waals surface area contributed by atoms with Crippen molar-refractivity contribution in [3.05, 3.63) is 23.9 Å². The van der Waals surface area contributed by atoms with E-state index >= 15 is 0 Å². The summed E-state index contributed by atoms with van der Waals surface area (Å²) in [6, 6.07) is 5.34. The van der Waals surface area contributed by atoms with E-state index in [9.17, 15) is 4.79 Å². The average molecular weight is 191 g/mol. The second-order valence-electron chi connectivity index (χ2n) is 3.43. The molecule has 0 bridgehead atoms. The average Bonchev–Trinajstić information content (AvgIpc) is 3.01.